The number of benzene rings is 1. The molecule has 166 valence electrons. The summed E-state index contributed by atoms with van der Waals surface area (Å²) in [6.07, 6.45) is 1.10. The summed E-state index contributed by atoms with van der Waals surface area (Å²) in [5.74, 6) is -2.70. The van der Waals surface area contributed by atoms with Gasteiger partial charge in [0.15, 0.2) is 0 Å². The van der Waals surface area contributed by atoms with E-state index in [9.17, 15) is 22.8 Å². The smallest absolute Gasteiger partial charge is 0.416 e. The van der Waals surface area contributed by atoms with E-state index in [1.807, 2.05) is 0 Å². The summed E-state index contributed by atoms with van der Waals surface area (Å²) in [6.45, 7) is 1.63. The highest BCUT2D eigenvalue weighted by atomic mass is 19.4. The Morgan fingerprint density at radius 2 is 1.74 bits per heavy atom. The number of Topliss-reactive ketones (excluding diaryl/α,β-unsaturated/α-hetero) is 1. The number of rotatable bonds is 3. The van der Waals surface area contributed by atoms with Crippen molar-refractivity contribution in [3.63, 3.8) is 0 Å². The number of ether oxygens (including phenoxy) is 1. The maximum Gasteiger partial charge on any atom is 0.416 e. The molecule has 2 saturated carbocycles. The molecule has 1 aromatic carbocycles. The van der Waals surface area contributed by atoms with Crippen molar-refractivity contribution in [2.24, 2.45) is 10.9 Å². The molecular formula is C24H26F3NO3. The van der Waals surface area contributed by atoms with E-state index in [-0.39, 0.29) is 29.4 Å². The minimum atomic E-state index is -4.60. The van der Waals surface area contributed by atoms with Crippen LogP contribution in [0, 0.1) is 5.92 Å². The molecule has 1 aliphatic heterocycles. The third-order valence-electron chi connectivity index (χ3n) is 6.55. The van der Waals surface area contributed by atoms with Gasteiger partial charge in [-0.25, -0.2) is 4.79 Å². The molecule has 0 amide bonds. The zero-order valence-corrected chi connectivity index (χ0v) is 17.5. The third kappa shape index (κ3) is 4.32. The molecule has 2 aliphatic carbocycles. The number of allylic oxidation sites excluding steroid dienone is 1. The molecule has 31 heavy (non-hydrogen) atoms. The number of carbonyl (C=O) groups is 2. The van der Waals surface area contributed by atoms with E-state index in [0.717, 1.165) is 38.2 Å². The van der Waals surface area contributed by atoms with Gasteiger partial charge in [0.05, 0.1) is 17.1 Å². The fourth-order valence-corrected chi connectivity index (χ4v) is 5.15. The number of nitrogens with zero attached hydrogens (tertiary/aromatic N) is 1. The molecule has 0 saturated heterocycles. The van der Waals surface area contributed by atoms with Crippen LogP contribution in [0.5, 0.6) is 0 Å². The van der Waals surface area contributed by atoms with Gasteiger partial charge in [-0.2, -0.15) is 13.2 Å². The molecule has 7 heteroatoms. The molecule has 0 spiro atoms. The number of halogens is 3. The lowest BCUT2D eigenvalue weighted by molar-refractivity contribution is -0.147. The minimum Gasteiger partial charge on any atom is -0.459 e. The number of aliphatic imine (C=N–C) groups is 1. The van der Waals surface area contributed by atoms with Gasteiger partial charge < -0.3 is 4.74 Å². The molecule has 0 radical (unpaired) electrons. The summed E-state index contributed by atoms with van der Waals surface area (Å²) in [7, 11) is 0. The van der Waals surface area contributed by atoms with Crippen molar-refractivity contribution in [2.75, 3.05) is 0 Å². The maximum atomic E-state index is 13.9. The SMILES string of the molecule is CC1=C(C(=O)OC2CCCCC2)C(c2ccccc2C(F)(F)F)C2C(=O)CCCC2=N1. The first-order valence-electron chi connectivity index (χ1n) is 11.0. The van der Waals surface area contributed by atoms with Gasteiger partial charge in [0.25, 0.3) is 0 Å². The van der Waals surface area contributed by atoms with Crippen molar-refractivity contribution in [1.82, 2.24) is 0 Å². The molecule has 4 nitrogen and oxygen atoms in total. The predicted molar refractivity (Wildman–Crippen MR) is 110 cm³/mol. The lowest BCUT2D eigenvalue weighted by Crippen LogP contribution is -2.40. The van der Waals surface area contributed by atoms with Crippen LogP contribution in [-0.4, -0.2) is 23.6 Å². The van der Waals surface area contributed by atoms with Crippen LogP contribution in [-0.2, 0) is 20.5 Å². The first-order chi connectivity index (χ1) is 14.8. The van der Waals surface area contributed by atoms with Crippen LogP contribution in [0.25, 0.3) is 0 Å². The highest BCUT2D eigenvalue weighted by molar-refractivity contribution is 6.11. The van der Waals surface area contributed by atoms with Gasteiger partial charge in [-0.3, -0.25) is 9.79 Å². The van der Waals surface area contributed by atoms with Gasteiger partial charge in [0.2, 0.25) is 0 Å². The molecule has 2 atom stereocenters. The number of hydrogen-bond acceptors (Lipinski definition) is 4. The van der Waals surface area contributed by atoms with Crippen LogP contribution in [0.4, 0.5) is 13.2 Å². The second kappa shape index (κ2) is 8.60. The summed E-state index contributed by atoms with van der Waals surface area (Å²) in [5.41, 5.74) is 0.132. The van der Waals surface area contributed by atoms with Crippen LogP contribution in [0.1, 0.15) is 75.3 Å². The van der Waals surface area contributed by atoms with Crippen molar-refractivity contribution >= 4 is 17.5 Å². The minimum absolute atomic E-state index is 0.0578. The van der Waals surface area contributed by atoms with E-state index in [1.165, 1.54) is 18.2 Å². The monoisotopic (exact) mass is 433 g/mol. The van der Waals surface area contributed by atoms with Crippen molar-refractivity contribution < 1.29 is 27.5 Å². The second-order valence-electron chi connectivity index (χ2n) is 8.63. The van der Waals surface area contributed by atoms with Crippen LogP contribution in [0.3, 0.4) is 0 Å². The first kappa shape index (κ1) is 21.8. The molecule has 0 bridgehead atoms. The maximum absolute atomic E-state index is 13.9. The summed E-state index contributed by atoms with van der Waals surface area (Å²) in [6, 6.07) is 5.22. The van der Waals surface area contributed by atoms with Gasteiger partial charge in [-0.1, -0.05) is 24.6 Å². The van der Waals surface area contributed by atoms with E-state index < -0.39 is 29.5 Å². The van der Waals surface area contributed by atoms with Crippen molar-refractivity contribution in [3.8, 4) is 0 Å². The van der Waals surface area contributed by atoms with Gasteiger partial charge in [-0.05, 0) is 57.1 Å². The number of carbonyl (C=O) groups excluding carboxylic acids is 2. The molecule has 1 heterocycles. The summed E-state index contributed by atoms with van der Waals surface area (Å²) >= 11 is 0. The largest absolute Gasteiger partial charge is 0.459 e. The highest BCUT2D eigenvalue weighted by Gasteiger charge is 2.47. The Labute approximate surface area is 179 Å². The Bertz CT molecular complexity index is 942. The lowest BCUT2D eigenvalue weighted by Gasteiger charge is -2.37. The van der Waals surface area contributed by atoms with Crippen LogP contribution in [0.2, 0.25) is 0 Å². The van der Waals surface area contributed by atoms with E-state index >= 15 is 0 Å². The Hall–Kier alpha value is -2.44. The zero-order valence-electron chi connectivity index (χ0n) is 17.5. The van der Waals surface area contributed by atoms with Crippen molar-refractivity contribution in [2.45, 2.75) is 76.5 Å². The Balaban J connectivity index is 1.81. The van der Waals surface area contributed by atoms with Crippen molar-refractivity contribution in [3.05, 3.63) is 46.7 Å². The van der Waals surface area contributed by atoms with Crippen LogP contribution >= 0.6 is 0 Å². The quantitative estimate of drug-likeness (QED) is 0.569. The highest BCUT2D eigenvalue weighted by Crippen LogP contribution is 2.47. The normalized spacial score (nSPS) is 25.2. The number of alkyl halides is 3. The van der Waals surface area contributed by atoms with Crippen LogP contribution in [0.15, 0.2) is 40.5 Å². The molecule has 4 rings (SSSR count). The fourth-order valence-electron chi connectivity index (χ4n) is 5.15. The van der Waals surface area contributed by atoms with E-state index in [4.69, 9.17) is 4.74 Å². The molecule has 2 fully saturated rings. The zero-order chi connectivity index (χ0) is 22.2. The molecule has 0 N–H and O–H groups in total. The summed E-state index contributed by atoms with van der Waals surface area (Å²) < 4.78 is 47.4. The first-order valence-corrected chi connectivity index (χ1v) is 11.0. The van der Waals surface area contributed by atoms with Gasteiger partial charge >= 0.3 is 12.1 Å². The molecule has 0 aromatic heterocycles. The topological polar surface area (TPSA) is 55.7 Å². The fraction of sp³-hybridized carbons (Fsp3) is 0.542. The molecule has 2 unspecified atom stereocenters. The van der Waals surface area contributed by atoms with E-state index in [2.05, 4.69) is 4.99 Å². The van der Waals surface area contributed by atoms with E-state index in [0.29, 0.717) is 24.3 Å². The Morgan fingerprint density at radius 1 is 1.03 bits per heavy atom. The predicted octanol–water partition coefficient (Wildman–Crippen LogP) is 5.76. The summed E-state index contributed by atoms with van der Waals surface area (Å²) in [4.78, 5) is 30.7. The van der Waals surface area contributed by atoms with Gasteiger partial charge in [-0.15, -0.1) is 0 Å². The third-order valence-corrected chi connectivity index (χ3v) is 6.55. The Morgan fingerprint density at radius 3 is 2.45 bits per heavy atom. The number of hydrogen-bond donors (Lipinski definition) is 0. The average molecular weight is 433 g/mol. The summed E-state index contributed by atoms with van der Waals surface area (Å²) in [5, 5.41) is 0. The van der Waals surface area contributed by atoms with Crippen LogP contribution < -0.4 is 0 Å². The van der Waals surface area contributed by atoms with Crippen molar-refractivity contribution in [1.29, 1.82) is 0 Å². The lowest BCUT2D eigenvalue weighted by atomic mass is 9.68. The average Bonchev–Trinajstić information content (AvgIpc) is 2.73. The molecule has 3 aliphatic rings. The number of ketones is 1. The van der Waals surface area contributed by atoms with E-state index in [1.54, 1.807) is 6.92 Å². The standard InChI is InChI=1S/C24H26F3NO3/c1-14-20(23(30)31-15-8-3-2-4-9-15)21(22-18(28-14)12-7-13-19(22)29)16-10-5-6-11-17(16)24(25,26)27/h5-6,10-11,15,21-22H,2-4,7-9,12-13H2,1H3. The molecule has 1 aromatic rings. The van der Waals surface area contributed by atoms with Gasteiger partial charge in [0, 0.05) is 23.7 Å². The second-order valence-corrected chi connectivity index (χ2v) is 8.63. The van der Waals surface area contributed by atoms with Gasteiger partial charge in [0.1, 0.15) is 11.9 Å². The number of esters is 1. The Kier molecular flexibility index (Phi) is 6.04. The number of fused-ring (bicyclic) bond motifs is 1. The molecular weight excluding hydrogens is 407 g/mol.